The van der Waals surface area contributed by atoms with Crippen LogP contribution in [0.15, 0.2) is 16.7 Å². The maximum Gasteiger partial charge on any atom is 0.123 e. The van der Waals surface area contributed by atoms with E-state index in [2.05, 4.69) is 19.2 Å². The third-order valence-corrected chi connectivity index (χ3v) is 3.01. The molecule has 0 bridgehead atoms. The van der Waals surface area contributed by atoms with Crippen molar-refractivity contribution in [1.29, 1.82) is 0 Å². The zero-order valence-electron chi connectivity index (χ0n) is 10.7. The van der Waals surface area contributed by atoms with E-state index < -0.39 is 0 Å². The Labute approximate surface area is 97.9 Å². The highest BCUT2D eigenvalue weighted by molar-refractivity contribution is 5.18. The molecule has 0 saturated carbocycles. The monoisotopic (exact) mass is 225 g/mol. The van der Waals surface area contributed by atoms with Gasteiger partial charge in [0.05, 0.1) is 18.9 Å². The first kappa shape index (κ1) is 13.3. The van der Waals surface area contributed by atoms with Gasteiger partial charge in [-0.3, -0.25) is 5.32 Å². The molecule has 2 unspecified atom stereocenters. The zero-order valence-corrected chi connectivity index (χ0v) is 10.7. The van der Waals surface area contributed by atoms with Gasteiger partial charge < -0.3 is 9.52 Å². The lowest BCUT2D eigenvalue weighted by atomic mass is 9.95. The van der Waals surface area contributed by atoms with Gasteiger partial charge >= 0.3 is 0 Å². The molecule has 1 aromatic rings. The van der Waals surface area contributed by atoms with Crippen molar-refractivity contribution < 1.29 is 9.52 Å². The molecule has 2 N–H and O–H groups in total. The molecule has 0 fully saturated rings. The summed E-state index contributed by atoms with van der Waals surface area (Å²) in [5.41, 5.74) is 0.921. The lowest BCUT2D eigenvalue weighted by molar-refractivity contribution is 0.149. The standard InChI is InChI=1S/C13H23NO2/c1-5-7-13(4,9-15)14-11(3)12-10(2)6-8-16-12/h6,8,11,14-15H,5,7,9H2,1-4H3. The SMILES string of the molecule is CCCC(C)(CO)NC(C)c1occc1C. The van der Waals surface area contributed by atoms with Crippen molar-refractivity contribution in [1.82, 2.24) is 5.32 Å². The van der Waals surface area contributed by atoms with E-state index in [1.807, 2.05) is 19.9 Å². The Bertz CT molecular complexity index is 321. The van der Waals surface area contributed by atoms with Crippen LogP contribution < -0.4 is 5.32 Å². The Morgan fingerprint density at radius 1 is 1.56 bits per heavy atom. The lowest BCUT2D eigenvalue weighted by Crippen LogP contribution is -2.46. The molecule has 0 aliphatic rings. The highest BCUT2D eigenvalue weighted by Crippen LogP contribution is 2.22. The number of hydrogen-bond acceptors (Lipinski definition) is 3. The van der Waals surface area contributed by atoms with Crippen LogP contribution >= 0.6 is 0 Å². The van der Waals surface area contributed by atoms with Crippen LogP contribution in [0.2, 0.25) is 0 Å². The van der Waals surface area contributed by atoms with Gasteiger partial charge in [0.15, 0.2) is 0 Å². The van der Waals surface area contributed by atoms with Crippen molar-refractivity contribution in [3.8, 4) is 0 Å². The Morgan fingerprint density at radius 2 is 2.25 bits per heavy atom. The lowest BCUT2D eigenvalue weighted by Gasteiger charge is -2.31. The van der Waals surface area contributed by atoms with Gasteiger partial charge in [-0.25, -0.2) is 0 Å². The number of hydrogen-bond donors (Lipinski definition) is 2. The highest BCUT2D eigenvalue weighted by atomic mass is 16.3. The van der Waals surface area contributed by atoms with Gasteiger partial charge in [0.1, 0.15) is 5.76 Å². The van der Waals surface area contributed by atoms with Gasteiger partial charge in [0, 0.05) is 5.54 Å². The molecular formula is C13H23NO2. The van der Waals surface area contributed by atoms with Crippen LogP contribution in [-0.2, 0) is 0 Å². The van der Waals surface area contributed by atoms with Crippen molar-refractivity contribution in [3.05, 3.63) is 23.7 Å². The third kappa shape index (κ3) is 3.09. The molecule has 1 rings (SSSR count). The van der Waals surface area contributed by atoms with E-state index in [-0.39, 0.29) is 18.2 Å². The smallest absolute Gasteiger partial charge is 0.123 e. The summed E-state index contributed by atoms with van der Waals surface area (Å²) in [7, 11) is 0. The fraction of sp³-hybridized carbons (Fsp3) is 0.692. The summed E-state index contributed by atoms with van der Waals surface area (Å²) < 4.78 is 5.45. The minimum atomic E-state index is -0.229. The summed E-state index contributed by atoms with van der Waals surface area (Å²) >= 11 is 0. The topological polar surface area (TPSA) is 45.4 Å². The summed E-state index contributed by atoms with van der Waals surface area (Å²) in [5, 5.41) is 12.9. The average Bonchev–Trinajstić information content (AvgIpc) is 2.65. The zero-order chi connectivity index (χ0) is 12.2. The minimum absolute atomic E-state index is 0.124. The van der Waals surface area contributed by atoms with Gasteiger partial charge in [-0.05, 0) is 38.8 Å². The van der Waals surface area contributed by atoms with E-state index >= 15 is 0 Å². The molecule has 92 valence electrons. The summed E-state index contributed by atoms with van der Waals surface area (Å²) in [4.78, 5) is 0. The van der Waals surface area contributed by atoms with Crippen LogP contribution in [0, 0.1) is 6.92 Å². The predicted molar refractivity (Wildman–Crippen MR) is 65.4 cm³/mol. The fourth-order valence-corrected chi connectivity index (χ4v) is 2.16. The second kappa shape index (κ2) is 5.51. The van der Waals surface area contributed by atoms with Gasteiger partial charge in [-0.1, -0.05) is 13.3 Å². The molecule has 0 aliphatic carbocycles. The maximum absolute atomic E-state index is 9.44. The Morgan fingerprint density at radius 3 is 2.69 bits per heavy atom. The maximum atomic E-state index is 9.44. The van der Waals surface area contributed by atoms with Crippen LogP contribution in [0.25, 0.3) is 0 Å². The van der Waals surface area contributed by atoms with Gasteiger partial charge in [-0.15, -0.1) is 0 Å². The summed E-state index contributed by atoms with van der Waals surface area (Å²) in [6.45, 7) is 8.41. The molecule has 2 atom stereocenters. The fourth-order valence-electron chi connectivity index (χ4n) is 2.16. The quantitative estimate of drug-likeness (QED) is 0.782. The highest BCUT2D eigenvalue weighted by Gasteiger charge is 2.26. The number of aliphatic hydroxyl groups is 1. The van der Waals surface area contributed by atoms with Crippen LogP contribution in [0.3, 0.4) is 0 Å². The summed E-state index contributed by atoms with van der Waals surface area (Å²) in [5.74, 6) is 0.954. The van der Waals surface area contributed by atoms with E-state index in [4.69, 9.17) is 4.42 Å². The van der Waals surface area contributed by atoms with Crippen LogP contribution in [0.1, 0.15) is 51.0 Å². The number of aryl methyl sites for hydroxylation is 1. The predicted octanol–water partition coefficient (Wildman–Crippen LogP) is 2.79. The van der Waals surface area contributed by atoms with E-state index in [9.17, 15) is 5.11 Å². The molecule has 0 spiro atoms. The number of furan rings is 1. The van der Waals surface area contributed by atoms with Gasteiger partial charge in [-0.2, -0.15) is 0 Å². The largest absolute Gasteiger partial charge is 0.467 e. The Kier molecular flexibility index (Phi) is 4.56. The van der Waals surface area contributed by atoms with Crippen LogP contribution in [-0.4, -0.2) is 17.3 Å². The second-order valence-corrected chi connectivity index (χ2v) is 4.80. The third-order valence-electron chi connectivity index (χ3n) is 3.01. The van der Waals surface area contributed by atoms with Gasteiger partial charge in [0.2, 0.25) is 0 Å². The summed E-state index contributed by atoms with van der Waals surface area (Å²) in [6.07, 6.45) is 3.71. The van der Waals surface area contributed by atoms with Crippen molar-refractivity contribution in [2.75, 3.05) is 6.61 Å². The molecule has 1 heterocycles. The first-order valence-electron chi connectivity index (χ1n) is 5.95. The number of rotatable bonds is 6. The molecule has 1 aromatic heterocycles. The van der Waals surface area contributed by atoms with Crippen LogP contribution in [0.5, 0.6) is 0 Å². The van der Waals surface area contributed by atoms with E-state index in [0.29, 0.717) is 0 Å². The molecule has 3 heteroatoms. The van der Waals surface area contributed by atoms with Crippen molar-refractivity contribution >= 4 is 0 Å². The molecule has 16 heavy (non-hydrogen) atoms. The number of aliphatic hydroxyl groups excluding tert-OH is 1. The minimum Gasteiger partial charge on any atom is -0.467 e. The first-order valence-corrected chi connectivity index (χ1v) is 5.95. The molecule has 0 saturated heterocycles. The molecule has 0 aromatic carbocycles. The number of nitrogens with one attached hydrogen (secondary N) is 1. The van der Waals surface area contributed by atoms with Gasteiger partial charge in [0.25, 0.3) is 0 Å². The van der Waals surface area contributed by atoms with Crippen molar-refractivity contribution in [2.45, 2.75) is 52.1 Å². The average molecular weight is 225 g/mol. The Hall–Kier alpha value is -0.800. The van der Waals surface area contributed by atoms with E-state index in [0.717, 1.165) is 24.2 Å². The normalized spacial score (nSPS) is 17.1. The molecule has 0 amide bonds. The summed E-state index contributed by atoms with van der Waals surface area (Å²) in [6, 6.07) is 2.09. The van der Waals surface area contributed by atoms with Crippen LogP contribution in [0.4, 0.5) is 0 Å². The molecule has 3 nitrogen and oxygen atoms in total. The molecular weight excluding hydrogens is 202 g/mol. The Balaban J connectivity index is 2.69. The first-order chi connectivity index (χ1) is 7.52. The second-order valence-electron chi connectivity index (χ2n) is 4.80. The molecule has 0 radical (unpaired) electrons. The molecule has 0 aliphatic heterocycles. The van der Waals surface area contributed by atoms with Crippen molar-refractivity contribution in [3.63, 3.8) is 0 Å². The van der Waals surface area contributed by atoms with E-state index in [1.54, 1.807) is 6.26 Å². The van der Waals surface area contributed by atoms with E-state index in [1.165, 1.54) is 0 Å². The van der Waals surface area contributed by atoms with Crippen molar-refractivity contribution in [2.24, 2.45) is 0 Å².